The molecular formula is C22H14ClN3O2S. The van der Waals surface area contributed by atoms with Gasteiger partial charge in [0.1, 0.15) is 10.5 Å². The second-order valence-electron chi connectivity index (χ2n) is 6.56. The summed E-state index contributed by atoms with van der Waals surface area (Å²) in [6.45, 7) is 0.286. The maximum Gasteiger partial charge on any atom is 0.263 e. The lowest BCUT2D eigenvalue weighted by molar-refractivity contribution is 0.420. The fourth-order valence-corrected chi connectivity index (χ4v) is 4.25. The average Bonchev–Trinajstić information content (AvgIpc) is 3.39. The first-order valence-electron chi connectivity index (χ1n) is 8.92. The molecule has 0 fully saturated rings. The zero-order valence-corrected chi connectivity index (χ0v) is 16.7. The van der Waals surface area contributed by atoms with Crippen molar-refractivity contribution in [3.05, 3.63) is 93.4 Å². The van der Waals surface area contributed by atoms with E-state index in [2.05, 4.69) is 10.1 Å². The predicted molar refractivity (Wildman–Crippen MR) is 115 cm³/mol. The zero-order chi connectivity index (χ0) is 19.8. The SMILES string of the molecule is O=c1c2c(-c3ccc(Cl)cc3)csc2ncn1Cc1cc(-c2ccccc2)on1. The molecule has 142 valence electrons. The van der Waals surface area contributed by atoms with Crippen molar-refractivity contribution < 1.29 is 4.52 Å². The van der Waals surface area contributed by atoms with Crippen LogP contribution in [0.2, 0.25) is 5.02 Å². The number of fused-ring (bicyclic) bond motifs is 1. The molecule has 0 saturated heterocycles. The van der Waals surface area contributed by atoms with Gasteiger partial charge in [-0.3, -0.25) is 9.36 Å². The Bertz CT molecular complexity index is 1350. The number of rotatable bonds is 4. The minimum Gasteiger partial charge on any atom is -0.356 e. The number of benzene rings is 2. The van der Waals surface area contributed by atoms with Crippen molar-refractivity contribution in [1.82, 2.24) is 14.7 Å². The number of aromatic nitrogens is 3. The maximum absolute atomic E-state index is 13.2. The lowest BCUT2D eigenvalue weighted by atomic mass is 10.1. The smallest absolute Gasteiger partial charge is 0.263 e. The lowest BCUT2D eigenvalue weighted by Crippen LogP contribution is -2.21. The van der Waals surface area contributed by atoms with E-state index in [1.807, 2.05) is 66.0 Å². The number of thiophene rings is 1. The van der Waals surface area contributed by atoms with Crippen molar-refractivity contribution in [2.45, 2.75) is 6.54 Å². The summed E-state index contributed by atoms with van der Waals surface area (Å²) in [5, 5.41) is 7.33. The van der Waals surface area contributed by atoms with E-state index in [-0.39, 0.29) is 12.1 Å². The Morgan fingerprint density at radius 3 is 2.62 bits per heavy atom. The van der Waals surface area contributed by atoms with Crippen LogP contribution in [0.15, 0.2) is 81.7 Å². The molecule has 0 aliphatic carbocycles. The van der Waals surface area contributed by atoms with Crippen LogP contribution in [0.5, 0.6) is 0 Å². The first kappa shape index (κ1) is 17.8. The van der Waals surface area contributed by atoms with Gasteiger partial charge in [-0.25, -0.2) is 4.98 Å². The largest absolute Gasteiger partial charge is 0.356 e. The molecule has 5 nitrogen and oxygen atoms in total. The van der Waals surface area contributed by atoms with E-state index >= 15 is 0 Å². The summed E-state index contributed by atoms with van der Waals surface area (Å²) in [7, 11) is 0. The van der Waals surface area contributed by atoms with Gasteiger partial charge in [-0.2, -0.15) is 0 Å². The topological polar surface area (TPSA) is 60.9 Å². The third kappa shape index (κ3) is 3.37. The molecule has 29 heavy (non-hydrogen) atoms. The molecule has 3 heterocycles. The van der Waals surface area contributed by atoms with E-state index in [1.165, 1.54) is 11.3 Å². The quantitative estimate of drug-likeness (QED) is 0.387. The van der Waals surface area contributed by atoms with Gasteiger partial charge in [-0.05, 0) is 17.7 Å². The Morgan fingerprint density at radius 2 is 1.83 bits per heavy atom. The van der Waals surface area contributed by atoms with Gasteiger partial charge >= 0.3 is 0 Å². The van der Waals surface area contributed by atoms with Gasteiger partial charge in [-0.15, -0.1) is 11.3 Å². The molecule has 0 N–H and O–H groups in total. The second-order valence-corrected chi connectivity index (χ2v) is 7.86. The Hall–Kier alpha value is -3.22. The molecule has 0 unspecified atom stereocenters. The molecule has 0 bridgehead atoms. The Balaban J connectivity index is 1.52. The standard InChI is InChI=1S/C22H14ClN3O2S/c23-16-8-6-14(7-9-16)18-12-29-21-20(18)22(27)26(13-24-21)11-17-10-19(28-25-17)15-4-2-1-3-5-15/h1-10,12-13H,11H2. The van der Waals surface area contributed by atoms with Crippen LogP contribution in [-0.4, -0.2) is 14.7 Å². The third-order valence-electron chi connectivity index (χ3n) is 4.67. The highest BCUT2D eigenvalue weighted by atomic mass is 35.5. The van der Waals surface area contributed by atoms with Gasteiger partial charge < -0.3 is 4.52 Å². The van der Waals surface area contributed by atoms with Crippen LogP contribution < -0.4 is 5.56 Å². The fraction of sp³-hybridized carbons (Fsp3) is 0.0455. The van der Waals surface area contributed by atoms with Crippen LogP contribution in [0, 0.1) is 0 Å². The molecular weight excluding hydrogens is 406 g/mol. The van der Waals surface area contributed by atoms with Crippen LogP contribution >= 0.6 is 22.9 Å². The molecule has 5 aromatic rings. The highest BCUT2D eigenvalue weighted by Gasteiger charge is 2.15. The zero-order valence-electron chi connectivity index (χ0n) is 15.1. The monoisotopic (exact) mass is 419 g/mol. The van der Waals surface area contributed by atoms with Crippen molar-refractivity contribution in [2.24, 2.45) is 0 Å². The number of nitrogens with zero attached hydrogens (tertiary/aromatic N) is 3. The van der Waals surface area contributed by atoms with Gasteiger partial charge in [0.15, 0.2) is 5.76 Å². The first-order valence-corrected chi connectivity index (χ1v) is 10.2. The van der Waals surface area contributed by atoms with E-state index < -0.39 is 0 Å². The van der Waals surface area contributed by atoms with Crippen molar-refractivity contribution in [3.63, 3.8) is 0 Å². The maximum atomic E-state index is 13.2. The number of hydrogen-bond acceptors (Lipinski definition) is 5. The number of halogens is 1. The molecule has 0 spiro atoms. The normalized spacial score (nSPS) is 11.2. The summed E-state index contributed by atoms with van der Waals surface area (Å²) in [4.78, 5) is 18.4. The lowest BCUT2D eigenvalue weighted by Gasteiger charge is -2.04. The van der Waals surface area contributed by atoms with E-state index in [1.54, 1.807) is 10.9 Å². The van der Waals surface area contributed by atoms with Crippen LogP contribution in [0.25, 0.3) is 32.7 Å². The number of hydrogen-bond donors (Lipinski definition) is 0. The van der Waals surface area contributed by atoms with Crippen molar-refractivity contribution in [2.75, 3.05) is 0 Å². The predicted octanol–water partition coefficient (Wildman–Crippen LogP) is 5.48. The highest BCUT2D eigenvalue weighted by Crippen LogP contribution is 2.31. The summed E-state index contributed by atoms with van der Waals surface area (Å²) < 4.78 is 7.00. The molecule has 2 aromatic carbocycles. The molecule has 7 heteroatoms. The second kappa shape index (κ2) is 7.31. The Morgan fingerprint density at radius 1 is 1.03 bits per heavy atom. The summed E-state index contributed by atoms with van der Waals surface area (Å²) >= 11 is 7.44. The van der Waals surface area contributed by atoms with Crippen LogP contribution in [-0.2, 0) is 6.54 Å². The van der Waals surface area contributed by atoms with Crippen molar-refractivity contribution in [1.29, 1.82) is 0 Å². The molecule has 0 aliphatic heterocycles. The van der Waals surface area contributed by atoms with Crippen LogP contribution in [0.1, 0.15) is 5.69 Å². The summed E-state index contributed by atoms with van der Waals surface area (Å²) in [5.41, 5.74) is 3.29. The molecule has 0 saturated carbocycles. The van der Waals surface area contributed by atoms with E-state index in [0.29, 0.717) is 26.7 Å². The van der Waals surface area contributed by atoms with Gasteiger partial charge in [0.2, 0.25) is 0 Å². The molecule has 0 amide bonds. The third-order valence-corrected chi connectivity index (χ3v) is 5.80. The first-order chi connectivity index (χ1) is 14.2. The molecule has 3 aromatic heterocycles. The summed E-state index contributed by atoms with van der Waals surface area (Å²) in [6.07, 6.45) is 1.56. The van der Waals surface area contributed by atoms with Crippen LogP contribution in [0.3, 0.4) is 0 Å². The highest BCUT2D eigenvalue weighted by molar-refractivity contribution is 7.17. The van der Waals surface area contributed by atoms with Crippen LogP contribution in [0.4, 0.5) is 0 Å². The van der Waals surface area contributed by atoms with E-state index in [0.717, 1.165) is 16.7 Å². The Labute approximate surface area is 174 Å². The minimum atomic E-state index is -0.106. The summed E-state index contributed by atoms with van der Waals surface area (Å²) in [5.74, 6) is 0.667. The summed E-state index contributed by atoms with van der Waals surface area (Å²) in [6, 6.07) is 19.0. The molecule has 0 atom stereocenters. The van der Waals surface area contributed by atoms with Crippen molar-refractivity contribution in [3.8, 4) is 22.5 Å². The minimum absolute atomic E-state index is 0.106. The molecule has 0 radical (unpaired) electrons. The van der Waals surface area contributed by atoms with Crippen molar-refractivity contribution >= 4 is 33.2 Å². The molecule has 0 aliphatic rings. The molecule has 5 rings (SSSR count). The van der Waals surface area contributed by atoms with Gasteiger partial charge in [0.25, 0.3) is 5.56 Å². The van der Waals surface area contributed by atoms with Gasteiger partial charge in [0, 0.05) is 27.6 Å². The average molecular weight is 420 g/mol. The van der Waals surface area contributed by atoms with Gasteiger partial charge in [-0.1, -0.05) is 59.2 Å². The van der Waals surface area contributed by atoms with E-state index in [4.69, 9.17) is 16.1 Å². The van der Waals surface area contributed by atoms with Gasteiger partial charge in [0.05, 0.1) is 18.3 Å². The van der Waals surface area contributed by atoms with E-state index in [9.17, 15) is 4.79 Å². The fourth-order valence-electron chi connectivity index (χ4n) is 3.22. The Kier molecular flexibility index (Phi) is 4.50.